The van der Waals surface area contributed by atoms with E-state index in [4.69, 9.17) is 0 Å². The summed E-state index contributed by atoms with van der Waals surface area (Å²) >= 11 is 0. The molecule has 160 valence electrons. The Bertz CT molecular complexity index is 1140. The summed E-state index contributed by atoms with van der Waals surface area (Å²) in [4.78, 5) is 38.2. The van der Waals surface area contributed by atoms with E-state index < -0.39 is 23.5 Å². The second kappa shape index (κ2) is 9.38. The Labute approximate surface area is 180 Å². The van der Waals surface area contributed by atoms with Gasteiger partial charge in [0.15, 0.2) is 0 Å². The van der Waals surface area contributed by atoms with Gasteiger partial charge in [-0.1, -0.05) is 74.5 Å². The zero-order chi connectivity index (χ0) is 22.5. The van der Waals surface area contributed by atoms with E-state index in [9.17, 15) is 19.5 Å². The van der Waals surface area contributed by atoms with Crippen LogP contribution in [-0.4, -0.2) is 32.8 Å². The molecule has 1 amide bonds. The maximum Gasteiger partial charge on any atom is 0.326 e. The van der Waals surface area contributed by atoms with Crippen molar-refractivity contribution in [3.05, 3.63) is 76.6 Å². The Kier molecular flexibility index (Phi) is 6.65. The van der Waals surface area contributed by atoms with Crippen LogP contribution in [0.1, 0.15) is 31.1 Å². The van der Waals surface area contributed by atoms with Crippen LogP contribution in [0.4, 0.5) is 0 Å². The number of hydrogen-bond acceptors (Lipinski definition) is 4. The molecule has 0 saturated carbocycles. The molecule has 1 heterocycles. The number of carboxylic acids is 1. The molecule has 31 heavy (non-hydrogen) atoms. The topological polar surface area (TPSA) is 101 Å². The van der Waals surface area contributed by atoms with Gasteiger partial charge in [0.2, 0.25) is 0 Å². The summed E-state index contributed by atoms with van der Waals surface area (Å²) in [5.74, 6) is -2.24. The molecular formula is C24H25N3O4. The Morgan fingerprint density at radius 3 is 2.03 bits per heavy atom. The quantitative estimate of drug-likeness (QED) is 0.611. The number of carboxylic acid groups (broad SMARTS) is 1. The Balaban J connectivity index is 2.32. The van der Waals surface area contributed by atoms with E-state index in [0.717, 1.165) is 5.56 Å². The minimum atomic E-state index is -1.15. The van der Waals surface area contributed by atoms with E-state index in [1.54, 1.807) is 32.9 Å². The lowest BCUT2D eigenvalue weighted by Crippen LogP contribution is -2.46. The molecule has 3 aromatic rings. The molecule has 7 nitrogen and oxygen atoms in total. The van der Waals surface area contributed by atoms with Crippen LogP contribution in [0.25, 0.3) is 22.4 Å². The van der Waals surface area contributed by atoms with E-state index in [0.29, 0.717) is 16.8 Å². The molecule has 3 rings (SSSR count). The van der Waals surface area contributed by atoms with Crippen LogP contribution in [0.2, 0.25) is 0 Å². The molecule has 0 aliphatic carbocycles. The lowest BCUT2D eigenvalue weighted by atomic mass is 9.94. The van der Waals surface area contributed by atoms with Crippen molar-refractivity contribution in [3.8, 4) is 22.4 Å². The first kappa shape index (κ1) is 22.0. The van der Waals surface area contributed by atoms with Crippen molar-refractivity contribution < 1.29 is 14.7 Å². The summed E-state index contributed by atoms with van der Waals surface area (Å²) in [6, 6.07) is 17.2. The second-order valence-corrected chi connectivity index (χ2v) is 7.48. The highest BCUT2D eigenvalue weighted by atomic mass is 16.4. The lowest BCUT2D eigenvalue weighted by Gasteiger charge is -2.20. The van der Waals surface area contributed by atoms with Crippen molar-refractivity contribution in [2.24, 2.45) is 5.92 Å². The van der Waals surface area contributed by atoms with Gasteiger partial charge in [-0.3, -0.25) is 9.59 Å². The van der Waals surface area contributed by atoms with Crippen LogP contribution in [-0.2, 0) is 11.3 Å². The number of nitrogens with zero attached hydrogens (tertiary/aromatic N) is 2. The molecule has 1 aromatic heterocycles. The number of aromatic nitrogens is 2. The Hall–Kier alpha value is -3.74. The number of carbonyl (C=O) groups is 2. The van der Waals surface area contributed by atoms with Crippen LogP contribution in [0.15, 0.2) is 65.5 Å². The molecule has 1 unspecified atom stereocenters. The molecule has 0 aliphatic heterocycles. The second-order valence-electron chi connectivity index (χ2n) is 7.48. The van der Waals surface area contributed by atoms with Crippen LogP contribution < -0.4 is 10.9 Å². The molecule has 0 fully saturated rings. The number of aliphatic carboxylic acids is 1. The summed E-state index contributed by atoms with van der Waals surface area (Å²) in [5, 5.41) is 16.6. The maximum atomic E-state index is 13.3. The number of benzene rings is 2. The summed E-state index contributed by atoms with van der Waals surface area (Å²) in [7, 11) is 0. The third-order valence-corrected chi connectivity index (χ3v) is 5.01. The van der Waals surface area contributed by atoms with Crippen molar-refractivity contribution >= 4 is 11.9 Å². The van der Waals surface area contributed by atoms with Crippen molar-refractivity contribution in [1.29, 1.82) is 0 Å². The first-order valence-corrected chi connectivity index (χ1v) is 10.1. The average molecular weight is 419 g/mol. The van der Waals surface area contributed by atoms with Gasteiger partial charge in [-0.25, -0.2) is 9.48 Å². The van der Waals surface area contributed by atoms with Gasteiger partial charge in [0.1, 0.15) is 11.6 Å². The fourth-order valence-electron chi connectivity index (χ4n) is 3.41. The number of amides is 1. The lowest BCUT2D eigenvalue weighted by molar-refractivity contribution is -0.140. The first-order chi connectivity index (χ1) is 14.8. The predicted octanol–water partition coefficient (Wildman–Crippen LogP) is 3.44. The highest BCUT2D eigenvalue weighted by molar-refractivity contribution is 6.04. The highest BCUT2D eigenvalue weighted by Gasteiger charge is 2.29. The van der Waals surface area contributed by atoms with Gasteiger partial charge in [0.05, 0.1) is 5.69 Å². The summed E-state index contributed by atoms with van der Waals surface area (Å²) in [6.45, 7) is 5.43. The summed E-state index contributed by atoms with van der Waals surface area (Å²) in [5.41, 5.74) is 1.58. The minimum absolute atomic E-state index is 0.117. The smallest absolute Gasteiger partial charge is 0.326 e. The van der Waals surface area contributed by atoms with E-state index in [1.165, 1.54) is 4.68 Å². The van der Waals surface area contributed by atoms with Gasteiger partial charge >= 0.3 is 5.97 Å². The van der Waals surface area contributed by atoms with E-state index in [2.05, 4.69) is 10.4 Å². The van der Waals surface area contributed by atoms with Gasteiger partial charge in [-0.05, 0) is 18.4 Å². The normalized spacial score (nSPS) is 11.9. The van der Waals surface area contributed by atoms with E-state index in [-0.39, 0.29) is 18.0 Å². The van der Waals surface area contributed by atoms with Gasteiger partial charge in [-0.15, -0.1) is 0 Å². The van der Waals surface area contributed by atoms with Gasteiger partial charge in [0.25, 0.3) is 11.5 Å². The predicted molar refractivity (Wildman–Crippen MR) is 119 cm³/mol. The molecule has 2 aromatic carbocycles. The van der Waals surface area contributed by atoms with E-state index in [1.807, 2.05) is 48.5 Å². The molecule has 0 aliphatic rings. The average Bonchev–Trinajstić information content (AvgIpc) is 2.77. The third kappa shape index (κ3) is 4.55. The number of aryl methyl sites for hydroxylation is 1. The number of carbonyl (C=O) groups excluding carboxylic acids is 1. The fourth-order valence-corrected chi connectivity index (χ4v) is 3.41. The largest absolute Gasteiger partial charge is 0.480 e. The Morgan fingerprint density at radius 2 is 1.55 bits per heavy atom. The number of nitrogens with one attached hydrogen (secondary N) is 1. The summed E-state index contributed by atoms with van der Waals surface area (Å²) in [6.07, 6.45) is 0. The monoisotopic (exact) mass is 419 g/mol. The molecule has 0 saturated heterocycles. The zero-order valence-electron chi connectivity index (χ0n) is 17.7. The van der Waals surface area contributed by atoms with Crippen molar-refractivity contribution in [2.75, 3.05) is 0 Å². The van der Waals surface area contributed by atoms with Crippen LogP contribution in [0.5, 0.6) is 0 Å². The van der Waals surface area contributed by atoms with E-state index >= 15 is 0 Å². The molecular weight excluding hydrogens is 394 g/mol. The van der Waals surface area contributed by atoms with Crippen LogP contribution in [0, 0.1) is 5.92 Å². The third-order valence-electron chi connectivity index (χ3n) is 5.01. The van der Waals surface area contributed by atoms with Crippen LogP contribution in [0.3, 0.4) is 0 Å². The molecule has 0 radical (unpaired) electrons. The number of hydrogen-bond donors (Lipinski definition) is 2. The van der Waals surface area contributed by atoms with Crippen LogP contribution >= 0.6 is 0 Å². The SMILES string of the molecule is CCn1nc(-c2ccccc2)c(-c2ccccc2)c(C(=O)NC(C(=O)O)C(C)C)c1=O. The standard InChI is InChI=1S/C24H25N3O4/c1-4-27-23(29)19(22(28)25-20(15(2)3)24(30)31)18(16-11-7-5-8-12-16)21(26-27)17-13-9-6-10-14-17/h5-15,20H,4H2,1-3H3,(H,25,28)(H,30,31). The van der Waals surface area contributed by atoms with Crippen molar-refractivity contribution in [1.82, 2.24) is 15.1 Å². The highest BCUT2D eigenvalue weighted by Crippen LogP contribution is 2.32. The Morgan fingerprint density at radius 1 is 1.00 bits per heavy atom. The maximum absolute atomic E-state index is 13.3. The minimum Gasteiger partial charge on any atom is -0.480 e. The van der Waals surface area contributed by atoms with Gasteiger partial charge < -0.3 is 10.4 Å². The molecule has 7 heteroatoms. The molecule has 2 N–H and O–H groups in total. The van der Waals surface area contributed by atoms with Gasteiger partial charge in [0, 0.05) is 17.7 Å². The molecule has 0 bridgehead atoms. The zero-order valence-corrected chi connectivity index (χ0v) is 17.7. The van der Waals surface area contributed by atoms with Crippen molar-refractivity contribution in [2.45, 2.75) is 33.4 Å². The van der Waals surface area contributed by atoms with Gasteiger partial charge in [-0.2, -0.15) is 5.10 Å². The van der Waals surface area contributed by atoms with Crippen molar-refractivity contribution in [3.63, 3.8) is 0 Å². The number of rotatable bonds is 7. The summed E-state index contributed by atoms with van der Waals surface area (Å²) < 4.78 is 1.23. The molecule has 1 atom stereocenters. The fraction of sp³-hybridized carbons (Fsp3) is 0.250. The molecule has 0 spiro atoms. The first-order valence-electron chi connectivity index (χ1n) is 10.1.